The van der Waals surface area contributed by atoms with Crippen LogP contribution in [0.15, 0.2) is 10.2 Å². The molecule has 0 bridgehead atoms. The molecule has 58 valence electrons. The Morgan fingerprint density at radius 3 is 2.64 bits per heavy atom. The molecular weight excluding hydrogens is 150 g/mol. The van der Waals surface area contributed by atoms with Gasteiger partial charge in [-0.05, 0) is 12.1 Å². The van der Waals surface area contributed by atoms with Crippen LogP contribution in [-0.4, -0.2) is 23.7 Å². The van der Waals surface area contributed by atoms with Crippen molar-refractivity contribution in [3.05, 3.63) is 4.91 Å². The van der Waals surface area contributed by atoms with Crippen LogP contribution >= 0.6 is 0 Å². The van der Waals surface area contributed by atoms with Crippen LogP contribution in [0.25, 0.3) is 0 Å². The lowest BCUT2D eigenvalue weighted by atomic mass is 10.2. The number of hydrogen-bond acceptors (Lipinski definition) is 4. The molecule has 1 aliphatic heterocycles. The summed E-state index contributed by atoms with van der Waals surface area (Å²) < 4.78 is 0. The zero-order chi connectivity index (χ0) is 8.43. The normalized spacial score (nSPS) is 24.1. The molecule has 0 aliphatic carbocycles. The summed E-state index contributed by atoms with van der Waals surface area (Å²) in [7, 11) is 0. The lowest BCUT2D eigenvalue weighted by Crippen LogP contribution is -2.45. The van der Waals surface area contributed by atoms with Crippen LogP contribution in [-0.2, 0) is 9.59 Å². The maximum atomic E-state index is 10.7. The Morgan fingerprint density at radius 2 is 2.18 bits per heavy atom. The van der Waals surface area contributed by atoms with E-state index in [0.717, 1.165) is 0 Å². The van der Waals surface area contributed by atoms with Crippen LogP contribution < -0.4 is 5.32 Å². The van der Waals surface area contributed by atoms with Gasteiger partial charge in [-0.15, -0.1) is 4.91 Å². The highest BCUT2D eigenvalue weighted by Gasteiger charge is 2.31. The number of rotatable bonds is 1. The Labute approximate surface area is 61.7 Å². The number of nitroso groups, excluding NO2 is 1. The van der Waals surface area contributed by atoms with Crippen molar-refractivity contribution < 1.29 is 9.59 Å². The second kappa shape index (κ2) is 2.57. The Morgan fingerprint density at radius 1 is 1.55 bits per heavy atom. The molecule has 2 amide bonds. The molecule has 1 rings (SSSR count). The minimum Gasteiger partial charge on any atom is -0.312 e. The summed E-state index contributed by atoms with van der Waals surface area (Å²) in [5, 5.41) is 4.53. The summed E-state index contributed by atoms with van der Waals surface area (Å²) in [5.41, 5.74) is 0. The maximum Gasteiger partial charge on any atom is 0.285 e. The van der Waals surface area contributed by atoms with Gasteiger partial charge in [-0.3, -0.25) is 9.59 Å². The highest BCUT2D eigenvalue weighted by atomic mass is 16.3. The third-order valence-corrected chi connectivity index (χ3v) is 1.17. The fourth-order valence-electron chi connectivity index (χ4n) is 0.706. The number of carbonyl (C=O) groups excluding carboxylic acids is 2. The van der Waals surface area contributed by atoms with Crippen LogP contribution in [0.3, 0.4) is 0 Å². The Kier molecular flexibility index (Phi) is 1.75. The summed E-state index contributed by atoms with van der Waals surface area (Å²) >= 11 is 0. The van der Waals surface area contributed by atoms with Gasteiger partial charge < -0.3 is 5.32 Å². The molecule has 0 saturated heterocycles. The van der Waals surface area contributed by atoms with E-state index in [-0.39, 0.29) is 5.84 Å². The number of hydrogen-bond donors (Lipinski definition) is 1. The van der Waals surface area contributed by atoms with E-state index in [0.29, 0.717) is 0 Å². The Hall–Kier alpha value is -1.59. The molecule has 0 aromatic carbocycles. The average Bonchev–Trinajstić information content (AvgIpc) is 1.85. The number of amidine groups is 1. The van der Waals surface area contributed by atoms with Gasteiger partial charge in [0.2, 0.25) is 0 Å². The number of aliphatic imine (C=N–C) groups is 1. The van der Waals surface area contributed by atoms with Crippen molar-refractivity contribution in [2.75, 3.05) is 0 Å². The van der Waals surface area contributed by atoms with Crippen molar-refractivity contribution >= 4 is 17.6 Å². The first kappa shape index (κ1) is 7.52. The lowest BCUT2D eigenvalue weighted by Gasteiger charge is -2.11. The van der Waals surface area contributed by atoms with Crippen LogP contribution in [0, 0.1) is 4.91 Å². The molecule has 0 radical (unpaired) electrons. The molecule has 6 heteroatoms. The largest absolute Gasteiger partial charge is 0.312 e. The van der Waals surface area contributed by atoms with Gasteiger partial charge in [0.05, 0.1) is 0 Å². The standard InChI is InChI=1S/C5H5N3O3/c1-2-6-4(9)3(8-11)5(10)7-2/h3H,1H3,(H,6,7,9,10). The fourth-order valence-corrected chi connectivity index (χ4v) is 0.706. The Bertz CT molecular complexity index is 258. The van der Waals surface area contributed by atoms with Crippen molar-refractivity contribution in [1.82, 2.24) is 5.32 Å². The monoisotopic (exact) mass is 155 g/mol. The van der Waals surface area contributed by atoms with Gasteiger partial charge in [-0.1, -0.05) is 0 Å². The molecule has 6 nitrogen and oxygen atoms in total. The first-order valence-corrected chi connectivity index (χ1v) is 2.87. The van der Waals surface area contributed by atoms with E-state index in [1.54, 1.807) is 0 Å². The second-order valence-electron chi connectivity index (χ2n) is 2.03. The van der Waals surface area contributed by atoms with Crippen molar-refractivity contribution in [3.63, 3.8) is 0 Å². The van der Waals surface area contributed by atoms with Gasteiger partial charge >= 0.3 is 0 Å². The number of carbonyl (C=O) groups is 2. The van der Waals surface area contributed by atoms with E-state index in [1.807, 2.05) is 0 Å². The molecular formula is C5H5N3O3. The van der Waals surface area contributed by atoms with Gasteiger partial charge in [0.25, 0.3) is 17.9 Å². The highest BCUT2D eigenvalue weighted by Crippen LogP contribution is 1.99. The van der Waals surface area contributed by atoms with E-state index >= 15 is 0 Å². The highest BCUT2D eigenvalue weighted by molar-refractivity contribution is 6.17. The van der Waals surface area contributed by atoms with E-state index in [2.05, 4.69) is 15.5 Å². The second-order valence-corrected chi connectivity index (χ2v) is 2.03. The number of nitrogens with one attached hydrogen (secondary N) is 1. The summed E-state index contributed by atoms with van der Waals surface area (Å²) in [6, 6.07) is -1.50. The van der Waals surface area contributed by atoms with Crippen LogP contribution in [0.1, 0.15) is 6.92 Å². The van der Waals surface area contributed by atoms with Gasteiger partial charge in [0.15, 0.2) is 0 Å². The summed E-state index contributed by atoms with van der Waals surface area (Å²) in [4.78, 5) is 34.7. The summed E-state index contributed by atoms with van der Waals surface area (Å²) in [6.45, 7) is 1.46. The van der Waals surface area contributed by atoms with Crippen molar-refractivity contribution in [2.45, 2.75) is 13.0 Å². The molecule has 0 aromatic heterocycles. The number of nitrogens with zero attached hydrogens (tertiary/aromatic N) is 2. The van der Waals surface area contributed by atoms with Gasteiger partial charge in [-0.25, -0.2) is 0 Å². The van der Waals surface area contributed by atoms with Crippen molar-refractivity contribution in [3.8, 4) is 0 Å². The van der Waals surface area contributed by atoms with Gasteiger partial charge in [0.1, 0.15) is 5.84 Å². The molecule has 1 aliphatic rings. The molecule has 0 spiro atoms. The third kappa shape index (κ3) is 1.28. The molecule has 0 fully saturated rings. The van der Waals surface area contributed by atoms with Gasteiger partial charge in [-0.2, -0.15) is 4.99 Å². The maximum absolute atomic E-state index is 10.7. The molecule has 1 atom stereocenters. The SMILES string of the molecule is CC1=NC(=O)C(N=O)C(=O)N1. The van der Waals surface area contributed by atoms with Gasteiger partial charge in [0, 0.05) is 0 Å². The average molecular weight is 155 g/mol. The predicted molar refractivity (Wildman–Crippen MR) is 35.8 cm³/mol. The predicted octanol–water partition coefficient (Wildman–Crippen LogP) is -0.804. The van der Waals surface area contributed by atoms with Crippen molar-refractivity contribution in [2.24, 2.45) is 10.2 Å². The third-order valence-electron chi connectivity index (χ3n) is 1.17. The lowest BCUT2D eigenvalue weighted by molar-refractivity contribution is -0.129. The number of amides is 2. The quantitative estimate of drug-likeness (QED) is 0.397. The van der Waals surface area contributed by atoms with Crippen LogP contribution in [0.4, 0.5) is 0 Å². The fraction of sp³-hybridized carbons (Fsp3) is 0.400. The topological polar surface area (TPSA) is 88.0 Å². The van der Waals surface area contributed by atoms with Crippen LogP contribution in [0.5, 0.6) is 0 Å². The molecule has 1 unspecified atom stereocenters. The van der Waals surface area contributed by atoms with E-state index in [1.165, 1.54) is 6.92 Å². The summed E-state index contributed by atoms with van der Waals surface area (Å²) in [6.07, 6.45) is 0. The molecule has 1 N–H and O–H groups in total. The minimum absolute atomic E-state index is 0.194. The molecule has 0 aromatic rings. The molecule has 11 heavy (non-hydrogen) atoms. The molecule has 0 saturated carbocycles. The van der Waals surface area contributed by atoms with E-state index < -0.39 is 17.9 Å². The zero-order valence-electron chi connectivity index (χ0n) is 5.70. The zero-order valence-corrected chi connectivity index (χ0v) is 5.70. The summed E-state index contributed by atoms with van der Waals surface area (Å²) in [5.74, 6) is -1.32. The first-order valence-electron chi connectivity index (χ1n) is 2.87. The Balaban J connectivity index is 2.94. The smallest absolute Gasteiger partial charge is 0.285 e. The van der Waals surface area contributed by atoms with E-state index in [9.17, 15) is 14.5 Å². The van der Waals surface area contributed by atoms with E-state index in [4.69, 9.17) is 0 Å². The van der Waals surface area contributed by atoms with Crippen molar-refractivity contribution in [1.29, 1.82) is 0 Å². The molecule has 1 heterocycles. The minimum atomic E-state index is -1.50. The van der Waals surface area contributed by atoms with Crippen LogP contribution in [0.2, 0.25) is 0 Å². The first-order chi connectivity index (χ1) is 5.15.